The zero-order valence-corrected chi connectivity index (χ0v) is 16.5. The highest BCUT2D eigenvalue weighted by Crippen LogP contribution is 2.38. The Morgan fingerprint density at radius 2 is 1.67 bits per heavy atom. The molecule has 0 aliphatic rings. The largest absolute Gasteiger partial charge is 0.441 e. The quantitative estimate of drug-likeness (QED) is 0.397. The third-order valence-electron chi connectivity index (χ3n) is 5.38. The molecular formula is C24H18N4O2. The Labute approximate surface area is 171 Å². The molecule has 146 valence electrons. The van der Waals surface area contributed by atoms with E-state index in [4.69, 9.17) is 13.8 Å². The maximum atomic E-state index is 6.10. The first kappa shape index (κ1) is 16.9. The third-order valence-corrected chi connectivity index (χ3v) is 5.38. The zero-order valence-electron chi connectivity index (χ0n) is 16.5. The lowest BCUT2D eigenvalue weighted by Gasteiger charge is -2.03. The van der Waals surface area contributed by atoms with Crippen LogP contribution < -0.4 is 0 Å². The standard InChI is InChI=1S/C24H18N4O2/c1-14-25-12-22(29-14)19-13-28(21-10-6-4-8-17(19)21)24-23(30-15(2)27-24)18-11-26-20-9-5-3-7-16(18)20/h3-13,26H,1-2H3. The fraction of sp³-hybridized carbons (Fsp3) is 0.0833. The highest BCUT2D eigenvalue weighted by molar-refractivity contribution is 5.98. The van der Waals surface area contributed by atoms with Crippen molar-refractivity contribution in [1.29, 1.82) is 0 Å². The molecule has 0 fully saturated rings. The predicted octanol–water partition coefficient (Wildman–Crippen LogP) is 6.04. The van der Waals surface area contributed by atoms with Crippen molar-refractivity contribution < 1.29 is 8.83 Å². The van der Waals surface area contributed by atoms with Crippen molar-refractivity contribution in [3.05, 3.63) is 78.9 Å². The molecule has 6 rings (SSSR count). The van der Waals surface area contributed by atoms with Gasteiger partial charge in [0.1, 0.15) is 0 Å². The molecule has 0 bridgehead atoms. The van der Waals surface area contributed by atoms with Crippen molar-refractivity contribution in [3.8, 4) is 28.5 Å². The number of rotatable bonds is 3. The van der Waals surface area contributed by atoms with Crippen molar-refractivity contribution in [2.75, 3.05) is 0 Å². The number of oxazole rings is 2. The van der Waals surface area contributed by atoms with Gasteiger partial charge in [0.05, 0.1) is 11.7 Å². The van der Waals surface area contributed by atoms with Gasteiger partial charge in [-0.2, -0.15) is 4.98 Å². The Hall–Kier alpha value is -4.06. The number of H-pyrrole nitrogens is 1. The summed E-state index contributed by atoms with van der Waals surface area (Å²) in [7, 11) is 0. The van der Waals surface area contributed by atoms with Gasteiger partial charge in [-0.25, -0.2) is 4.98 Å². The highest BCUT2D eigenvalue weighted by Gasteiger charge is 2.22. The first-order valence-electron chi connectivity index (χ1n) is 9.76. The molecule has 4 heterocycles. The van der Waals surface area contributed by atoms with Crippen LogP contribution in [0.5, 0.6) is 0 Å². The molecule has 2 aromatic carbocycles. The molecule has 0 saturated heterocycles. The normalized spacial score (nSPS) is 11.7. The molecule has 4 aromatic heterocycles. The third kappa shape index (κ3) is 2.43. The van der Waals surface area contributed by atoms with Crippen molar-refractivity contribution in [2.45, 2.75) is 13.8 Å². The fourth-order valence-electron chi connectivity index (χ4n) is 4.05. The summed E-state index contributed by atoms with van der Waals surface area (Å²) in [6.07, 6.45) is 5.77. The number of aromatic nitrogens is 4. The van der Waals surface area contributed by atoms with E-state index in [2.05, 4.69) is 38.8 Å². The second-order valence-corrected chi connectivity index (χ2v) is 7.31. The lowest BCUT2D eigenvalue weighted by Crippen LogP contribution is -1.94. The van der Waals surface area contributed by atoms with Crippen molar-refractivity contribution in [2.24, 2.45) is 0 Å². The predicted molar refractivity (Wildman–Crippen MR) is 116 cm³/mol. The molecule has 1 N–H and O–H groups in total. The second kappa shape index (κ2) is 6.22. The minimum absolute atomic E-state index is 0.611. The first-order chi connectivity index (χ1) is 14.7. The van der Waals surface area contributed by atoms with E-state index < -0.39 is 0 Å². The smallest absolute Gasteiger partial charge is 0.193 e. The number of nitrogens with one attached hydrogen (secondary N) is 1. The lowest BCUT2D eigenvalue weighted by atomic mass is 10.1. The summed E-state index contributed by atoms with van der Waals surface area (Å²) >= 11 is 0. The van der Waals surface area contributed by atoms with E-state index in [0.29, 0.717) is 11.8 Å². The van der Waals surface area contributed by atoms with E-state index in [1.165, 1.54) is 0 Å². The van der Waals surface area contributed by atoms with Crippen LogP contribution in [0.4, 0.5) is 0 Å². The average molecular weight is 394 g/mol. The van der Waals surface area contributed by atoms with Crippen LogP contribution in [0.3, 0.4) is 0 Å². The van der Waals surface area contributed by atoms with Gasteiger partial charge in [0.2, 0.25) is 0 Å². The molecule has 0 unspecified atom stereocenters. The Morgan fingerprint density at radius 3 is 2.50 bits per heavy atom. The number of para-hydroxylation sites is 2. The van der Waals surface area contributed by atoms with Gasteiger partial charge in [-0.05, 0) is 12.1 Å². The molecule has 0 amide bonds. The van der Waals surface area contributed by atoms with Crippen LogP contribution in [0.25, 0.3) is 50.3 Å². The van der Waals surface area contributed by atoms with Gasteiger partial charge in [-0.3, -0.25) is 4.57 Å². The number of benzene rings is 2. The van der Waals surface area contributed by atoms with Gasteiger partial charge in [-0.15, -0.1) is 0 Å². The fourth-order valence-corrected chi connectivity index (χ4v) is 4.05. The molecule has 0 aliphatic heterocycles. The van der Waals surface area contributed by atoms with Gasteiger partial charge in [0, 0.05) is 53.7 Å². The van der Waals surface area contributed by atoms with Gasteiger partial charge in [0.15, 0.2) is 29.1 Å². The van der Waals surface area contributed by atoms with Gasteiger partial charge < -0.3 is 13.8 Å². The first-order valence-corrected chi connectivity index (χ1v) is 9.76. The average Bonchev–Trinajstić information content (AvgIpc) is 3.52. The van der Waals surface area contributed by atoms with E-state index in [1.54, 1.807) is 6.20 Å². The molecule has 30 heavy (non-hydrogen) atoms. The summed E-state index contributed by atoms with van der Waals surface area (Å²) in [4.78, 5) is 12.3. The van der Waals surface area contributed by atoms with Crippen molar-refractivity contribution in [3.63, 3.8) is 0 Å². The van der Waals surface area contributed by atoms with Crippen LogP contribution >= 0.6 is 0 Å². The second-order valence-electron chi connectivity index (χ2n) is 7.31. The number of nitrogens with zero attached hydrogens (tertiary/aromatic N) is 3. The van der Waals surface area contributed by atoms with E-state index in [1.807, 2.05) is 50.5 Å². The minimum Gasteiger partial charge on any atom is -0.441 e. The Balaban J connectivity index is 1.63. The summed E-state index contributed by atoms with van der Waals surface area (Å²) < 4.78 is 14.0. The Bertz CT molecular complexity index is 1530. The summed E-state index contributed by atoms with van der Waals surface area (Å²) in [6, 6.07) is 16.4. The van der Waals surface area contributed by atoms with Gasteiger partial charge in [0.25, 0.3) is 0 Å². The van der Waals surface area contributed by atoms with E-state index in [9.17, 15) is 0 Å². The molecule has 6 aromatic rings. The molecule has 0 atom stereocenters. The van der Waals surface area contributed by atoms with E-state index in [0.717, 1.165) is 50.3 Å². The van der Waals surface area contributed by atoms with Crippen molar-refractivity contribution in [1.82, 2.24) is 19.5 Å². The summed E-state index contributed by atoms with van der Waals surface area (Å²) in [5, 5.41) is 2.16. The molecule has 0 saturated carbocycles. The number of aromatic amines is 1. The lowest BCUT2D eigenvalue weighted by molar-refractivity contribution is 0.534. The van der Waals surface area contributed by atoms with Crippen LogP contribution in [0.15, 0.2) is 76.0 Å². The van der Waals surface area contributed by atoms with Crippen molar-refractivity contribution >= 4 is 21.8 Å². The topological polar surface area (TPSA) is 72.8 Å². The monoisotopic (exact) mass is 394 g/mol. The Kier molecular flexibility index (Phi) is 3.49. The van der Waals surface area contributed by atoms with Crippen LogP contribution in [0.2, 0.25) is 0 Å². The summed E-state index contributed by atoms with van der Waals surface area (Å²) in [6.45, 7) is 3.72. The maximum Gasteiger partial charge on any atom is 0.193 e. The SMILES string of the molecule is Cc1ncc(-c2cn(-c3nc(C)oc3-c3c[nH]c4ccccc34)c3ccccc23)o1. The minimum atomic E-state index is 0.611. The van der Waals surface area contributed by atoms with Gasteiger partial charge >= 0.3 is 0 Å². The number of hydrogen-bond donors (Lipinski definition) is 1. The number of hydrogen-bond acceptors (Lipinski definition) is 4. The molecule has 0 spiro atoms. The summed E-state index contributed by atoms with van der Waals surface area (Å²) in [5.74, 6) is 3.46. The zero-order chi connectivity index (χ0) is 20.2. The molecule has 6 heteroatoms. The van der Waals surface area contributed by atoms with Gasteiger partial charge in [-0.1, -0.05) is 36.4 Å². The molecule has 0 radical (unpaired) electrons. The highest BCUT2D eigenvalue weighted by atomic mass is 16.4. The number of fused-ring (bicyclic) bond motifs is 2. The molecule has 0 aliphatic carbocycles. The van der Waals surface area contributed by atoms with E-state index in [-0.39, 0.29) is 0 Å². The van der Waals surface area contributed by atoms with Crippen LogP contribution in [0, 0.1) is 13.8 Å². The molecule has 6 nitrogen and oxygen atoms in total. The van der Waals surface area contributed by atoms with Crippen LogP contribution in [-0.4, -0.2) is 19.5 Å². The summed E-state index contributed by atoms with van der Waals surface area (Å²) in [5.41, 5.74) is 4.03. The van der Waals surface area contributed by atoms with Crippen LogP contribution in [0.1, 0.15) is 11.8 Å². The Morgan fingerprint density at radius 1 is 0.867 bits per heavy atom. The maximum absolute atomic E-state index is 6.10. The van der Waals surface area contributed by atoms with Crippen LogP contribution in [-0.2, 0) is 0 Å². The van der Waals surface area contributed by atoms with E-state index >= 15 is 0 Å². The molecular weight excluding hydrogens is 376 g/mol. The number of aryl methyl sites for hydroxylation is 2.